The van der Waals surface area contributed by atoms with Gasteiger partial charge in [0.15, 0.2) is 0 Å². The van der Waals surface area contributed by atoms with Crippen LogP contribution in [0.15, 0.2) is 40.6 Å². The van der Waals surface area contributed by atoms with Crippen LogP contribution in [0.5, 0.6) is 5.75 Å². The van der Waals surface area contributed by atoms with E-state index in [2.05, 4.69) is 55.6 Å². The molecular formula is C21H31NOS2. The molecule has 1 atom stereocenters. The van der Waals surface area contributed by atoms with Crippen molar-refractivity contribution in [2.75, 3.05) is 20.2 Å². The van der Waals surface area contributed by atoms with Crippen LogP contribution in [-0.4, -0.2) is 20.2 Å². The van der Waals surface area contributed by atoms with Gasteiger partial charge in [-0.15, -0.1) is 23.1 Å². The van der Waals surface area contributed by atoms with Gasteiger partial charge in [-0.05, 0) is 57.5 Å². The molecule has 25 heavy (non-hydrogen) atoms. The summed E-state index contributed by atoms with van der Waals surface area (Å²) < 4.78 is 7.43. The van der Waals surface area contributed by atoms with Crippen molar-refractivity contribution in [3.63, 3.8) is 0 Å². The zero-order valence-corrected chi connectivity index (χ0v) is 17.3. The second kappa shape index (κ2) is 11.6. The molecule has 138 valence electrons. The number of aryl methyl sites for hydroxylation is 1. The van der Waals surface area contributed by atoms with Crippen molar-refractivity contribution in [2.24, 2.45) is 0 Å². The van der Waals surface area contributed by atoms with Gasteiger partial charge >= 0.3 is 0 Å². The van der Waals surface area contributed by atoms with Crippen LogP contribution in [0.4, 0.5) is 0 Å². The van der Waals surface area contributed by atoms with Gasteiger partial charge in [-0.25, -0.2) is 0 Å². The molecule has 0 fully saturated rings. The lowest BCUT2D eigenvalue weighted by atomic mass is 10.1. The lowest BCUT2D eigenvalue weighted by molar-refractivity contribution is 0.313. The summed E-state index contributed by atoms with van der Waals surface area (Å²) in [4.78, 5) is 1.51. The fraction of sp³-hybridized carbons (Fsp3) is 0.524. The molecule has 0 amide bonds. The first-order valence-corrected chi connectivity index (χ1v) is 11.1. The van der Waals surface area contributed by atoms with Crippen LogP contribution < -0.4 is 10.1 Å². The third-order valence-corrected chi connectivity index (χ3v) is 6.68. The molecule has 0 aliphatic carbocycles. The van der Waals surface area contributed by atoms with Crippen LogP contribution in [-0.2, 0) is 6.42 Å². The van der Waals surface area contributed by atoms with E-state index < -0.39 is 0 Å². The molecule has 1 aromatic carbocycles. The van der Waals surface area contributed by atoms with E-state index in [4.69, 9.17) is 4.74 Å². The Labute approximate surface area is 161 Å². The third kappa shape index (κ3) is 6.69. The average Bonchev–Trinajstić information content (AvgIpc) is 3.09. The number of rotatable bonds is 12. The van der Waals surface area contributed by atoms with Crippen molar-refractivity contribution in [2.45, 2.75) is 55.4 Å². The molecule has 2 rings (SSSR count). The first-order valence-electron chi connectivity index (χ1n) is 9.40. The van der Waals surface area contributed by atoms with Gasteiger partial charge in [0, 0.05) is 15.7 Å². The van der Waals surface area contributed by atoms with Gasteiger partial charge in [0.2, 0.25) is 0 Å². The van der Waals surface area contributed by atoms with Gasteiger partial charge in [-0.2, -0.15) is 0 Å². The predicted octanol–water partition coefficient (Wildman–Crippen LogP) is 6.32. The summed E-state index contributed by atoms with van der Waals surface area (Å²) in [6.45, 7) is 6.19. The van der Waals surface area contributed by atoms with Gasteiger partial charge < -0.3 is 10.1 Å². The number of hydrogen-bond acceptors (Lipinski definition) is 4. The minimum absolute atomic E-state index is 0.415. The van der Waals surface area contributed by atoms with E-state index >= 15 is 0 Å². The molecule has 2 aromatic rings. The monoisotopic (exact) mass is 377 g/mol. The second-order valence-corrected chi connectivity index (χ2v) is 8.88. The summed E-state index contributed by atoms with van der Waals surface area (Å²) in [5.41, 5.74) is 1.32. The number of thiophene rings is 1. The SMILES string of the molecule is CCCCc1ccc(SC(CCNC)c2ccccc2OCCC)s1. The summed E-state index contributed by atoms with van der Waals surface area (Å²) in [5.74, 6) is 1.04. The molecule has 0 spiro atoms. The Morgan fingerprint density at radius 1 is 1.12 bits per heavy atom. The Bertz CT molecular complexity index is 611. The highest BCUT2D eigenvalue weighted by Crippen LogP contribution is 2.44. The Balaban J connectivity index is 2.14. The van der Waals surface area contributed by atoms with Gasteiger partial charge in [-0.3, -0.25) is 0 Å². The highest BCUT2D eigenvalue weighted by Gasteiger charge is 2.18. The van der Waals surface area contributed by atoms with Crippen molar-refractivity contribution in [1.82, 2.24) is 5.32 Å². The Morgan fingerprint density at radius 3 is 2.72 bits per heavy atom. The summed E-state index contributed by atoms with van der Waals surface area (Å²) in [6.07, 6.45) is 5.87. The van der Waals surface area contributed by atoms with Crippen LogP contribution in [0.3, 0.4) is 0 Å². The molecule has 1 unspecified atom stereocenters. The number of hydrogen-bond donors (Lipinski definition) is 1. The number of ether oxygens (including phenoxy) is 1. The van der Waals surface area contributed by atoms with Crippen LogP contribution in [0.25, 0.3) is 0 Å². The molecule has 0 aliphatic rings. The molecular weight excluding hydrogens is 346 g/mol. The first kappa shape index (κ1) is 20.3. The zero-order valence-electron chi connectivity index (χ0n) is 15.7. The van der Waals surface area contributed by atoms with E-state index in [-0.39, 0.29) is 0 Å². The molecule has 0 radical (unpaired) electrons. The standard InChI is InChI=1S/C21H31NOS2/c1-4-6-9-17-12-13-21(24-17)25-20(14-15-22-3)18-10-7-8-11-19(18)23-16-5-2/h7-8,10-13,20,22H,4-6,9,14-16H2,1-3H3. The molecule has 0 bridgehead atoms. The Hall–Kier alpha value is -0.970. The van der Waals surface area contributed by atoms with Crippen LogP contribution in [0.2, 0.25) is 0 Å². The minimum Gasteiger partial charge on any atom is -0.493 e. The largest absolute Gasteiger partial charge is 0.493 e. The van der Waals surface area contributed by atoms with Crippen molar-refractivity contribution in [3.05, 3.63) is 46.8 Å². The highest BCUT2D eigenvalue weighted by atomic mass is 32.2. The van der Waals surface area contributed by atoms with Crippen LogP contribution in [0, 0.1) is 0 Å². The predicted molar refractivity (Wildman–Crippen MR) is 112 cm³/mol. The number of nitrogens with one attached hydrogen (secondary N) is 1. The number of para-hydroxylation sites is 1. The first-order chi connectivity index (χ1) is 12.3. The van der Waals surface area contributed by atoms with E-state index in [9.17, 15) is 0 Å². The summed E-state index contributed by atoms with van der Waals surface area (Å²) >= 11 is 3.94. The van der Waals surface area contributed by atoms with E-state index in [1.54, 1.807) is 0 Å². The smallest absolute Gasteiger partial charge is 0.123 e. The summed E-state index contributed by atoms with van der Waals surface area (Å²) in [6, 6.07) is 13.1. The van der Waals surface area contributed by atoms with Gasteiger partial charge in [0.1, 0.15) is 5.75 Å². The molecule has 0 saturated heterocycles. The van der Waals surface area contributed by atoms with Gasteiger partial charge in [-0.1, -0.05) is 38.5 Å². The van der Waals surface area contributed by atoms with Gasteiger partial charge in [0.05, 0.1) is 10.8 Å². The Morgan fingerprint density at radius 2 is 1.96 bits per heavy atom. The second-order valence-electron chi connectivity index (χ2n) is 6.21. The lowest BCUT2D eigenvalue weighted by Crippen LogP contribution is -2.11. The average molecular weight is 378 g/mol. The third-order valence-electron chi connectivity index (χ3n) is 4.06. The zero-order chi connectivity index (χ0) is 17.9. The quantitative estimate of drug-likeness (QED) is 0.437. The molecule has 1 N–H and O–H groups in total. The van der Waals surface area contributed by atoms with Crippen LogP contribution in [0.1, 0.15) is 55.2 Å². The number of unbranched alkanes of at least 4 members (excludes halogenated alkanes) is 1. The van der Waals surface area contributed by atoms with E-state index in [1.807, 2.05) is 30.1 Å². The van der Waals surface area contributed by atoms with Crippen molar-refractivity contribution in [1.29, 1.82) is 0 Å². The highest BCUT2D eigenvalue weighted by molar-refractivity contribution is 8.01. The summed E-state index contributed by atoms with van der Waals surface area (Å²) in [7, 11) is 2.02. The maximum atomic E-state index is 6.01. The molecule has 1 aromatic heterocycles. The molecule has 4 heteroatoms. The maximum absolute atomic E-state index is 6.01. The minimum atomic E-state index is 0.415. The van der Waals surface area contributed by atoms with Crippen molar-refractivity contribution in [3.8, 4) is 5.75 Å². The van der Waals surface area contributed by atoms with E-state index in [0.717, 1.165) is 31.7 Å². The molecule has 1 heterocycles. The topological polar surface area (TPSA) is 21.3 Å². The van der Waals surface area contributed by atoms with Crippen molar-refractivity contribution < 1.29 is 4.74 Å². The fourth-order valence-corrected chi connectivity index (χ4v) is 5.31. The molecule has 0 aliphatic heterocycles. The number of benzene rings is 1. The molecule has 2 nitrogen and oxygen atoms in total. The maximum Gasteiger partial charge on any atom is 0.123 e. The van der Waals surface area contributed by atoms with E-state index in [1.165, 1.54) is 33.9 Å². The fourth-order valence-electron chi connectivity index (χ4n) is 2.69. The lowest BCUT2D eigenvalue weighted by Gasteiger charge is -2.19. The van der Waals surface area contributed by atoms with E-state index in [0.29, 0.717) is 5.25 Å². The number of thioether (sulfide) groups is 1. The normalized spacial score (nSPS) is 12.3. The Kier molecular flexibility index (Phi) is 9.45. The van der Waals surface area contributed by atoms with Crippen molar-refractivity contribution >= 4 is 23.1 Å². The summed E-state index contributed by atoms with van der Waals surface area (Å²) in [5, 5.41) is 3.71. The van der Waals surface area contributed by atoms with Crippen LogP contribution >= 0.6 is 23.1 Å². The molecule has 0 saturated carbocycles. The van der Waals surface area contributed by atoms with Gasteiger partial charge in [0.25, 0.3) is 0 Å².